The molecule has 0 bridgehead atoms. The van der Waals surface area contributed by atoms with Gasteiger partial charge in [-0.25, -0.2) is 0 Å². The van der Waals surface area contributed by atoms with Crippen molar-refractivity contribution in [3.8, 4) is 33.4 Å². The first kappa shape index (κ1) is 32.0. The molecule has 2 aliphatic rings. The van der Waals surface area contributed by atoms with Crippen molar-refractivity contribution in [3.05, 3.63) is 205 Å². The van der Waals surface area contributed by atoms with E-state index in [-0.39, 0.29) is 5.41 Å². The Labute approximate surface area is 317 Å². The van der Waals surface area contributed by atoms with Crippen LogP contribution in [0.4, 0.5) is 17.1 Å². The molecule has 0 unspecified atom stereocenters. The Hall–Kier alpha value is -6.64. The third kappa shape index (κ3) is 5.17. The Bertz CT molecular complexity index is 2790. The van der Waals surface area contributed by atoms with Crippen LogP contribution in [0.5, 0.6) is 0 Å². The van der Waals surface area contributed by atoms with Gasteiger partial charge in [-0.1, -0.05) is 153 Å². The summed E-state index contributed by atoms with van der Waals surface area (Å²) in [7, 11) is 0. The summed E-state index contributed by atoms with van der Waals surface area (Å²) in [4.78, 5) is 2.44. The molecule has 2 nitrogen and oxygen atoms in total. The first-order valence-electron chi connectivity index (χ1n) is 18.9. The van der Waals surface area contributed by atoms with Crippen LogP contribution in [0.3, 0.4) is 0 Å². The molecule has 0 fully saturated rings. The van der Waals surface area contributed by atoms with Gasteiger partial charge in [0, 0.05) is 45.2 Å². The van der Waals surface area contributed by atoms with Crippen LogP contribution in [0.1, 0.15) is 31.4 Å². The second kappa shape index (κ2) is 12.8. The van der Waals surface area contributed by atoms with Gasteiger partial charge in [0.1, 0.15) is 0 Å². The van der Waals surface area contributed by atoms with E-state index in [1.807, 2.05) is 0 Å². The molecular weight excluding hydrogens is 653 g/mol. The zero-order chi connectivity index (χ0) is 36.2. The van der Waals surface area contributed by atoms with Gasteiger partial charge < -0.3 is 9.47 Å². The molecule has 7 aromatic carbocycles. The number of fused-ring (bicyclic) bond motifs is 6. The topological polar surface area (TPSA) is 8.17 Å². The molecule has 0 radical (unpaired) electrons. The largest absolute Gasteiger partial charge is 0.313 e. The molecule has 2 aliphatic carbocycles. The van der Waals surface area contributed by atoms with Crippen molar-refractivity contribution in [2.24, 2.45) is 0 Å². The van der Waals surface area contributed by atoms with Crippen molar-refractivity contribution < 1.29 is 0 Å². The molecule has 0 atom stereocenters. The van der Waals surface area contributed by atoms with E-state index >= 15 is 0 Å². The average Bonchev–Trinajstić information content (AvgIpc) is 3.49. The maximum absolute atomic E-state index is 2.44. The van der Waals surface area contributed by atoms with Crippen molar-refractivity contribution in [1.29, 1.82) is 0 Å². The van der Waals surface area contributed by atoms with Gasteiger partial charge in [0.05, 0.1) is 16.7 Å². The highest BCUT2D eigenvalue weighted by atomic mass is 15.1. The maximum atomic E-state index is 2.44. The summed E-state index contributed by atoms with van der Waals surface area (Å²) in [5, 5.41) is 2.54. The van der Waals surface area contributed by atoms with Crippen LogP contribution in [0.2, 0.25) is 0 Å². The van der Waals surface area contributed by atoms with E-state index in [1.54, 1.807) is 0 Å². The summed E-state index contributed by atoms with van der Waals surface area (Å²) < 4.78 is 2.43. The van der Waals surface area contributed by atoms with Crippen LogP contribution in [0.15, 0.2) is 194 Å². The Morgan fingerprint density at radius 1 is 0.500 bits per heavy atom. The minimum atomic E-state index is -0.0868. The summed E-state index contributed by atoms with van der Waals surface area (Å²) in [6.07, 6.45) is 11.7. The third-order valence-corrected chi connectivity index (χ3v) is 11.5. The van der Waals surface area contributed by atoms with Crippen LogP contribution < -0.4 is 4.90 Å². The Morgan fingerprint density at radius 2 is 1.13 bits per heavy atom. The molecule has 2 heteroatoms. The van der Waals surface area contributed by atoms with Gasteiger partial charge in [-0.3, -0.25) is 0 Å². The molecule has 54 heavy (non-hydrogen) atoms. The van der Waals surface area contributed by atoms with Crippen LogP contribution in [0, 0.1) is 0 Å². The summed E-state index contributed by atoms with van der Waals surface area (Å²) in [6, 6.07) is 60.3. The van der Waals surface area contributed by atoms with Crippen molar-refractivity contribution in [3.63, 3.8) is 0 Å². The number of hydrogen-bond donors (Lipinski definition) is 0. The molecule has 10 rings (SSSR count). The second-order valence-corrected chi connectivity index (χ2v) is 14.9. The van der Waals surface area contributed by atoms with E-state index in [4.69, 9.17) is 0 Å². The molecule has 8 aromatic rings. The molecule has 1 aromatic heterocycles. The normalized spacial score (nSPS) is 14.1. The van der Waals surface area contributed by atoms with Gasteiger partial charge in [0.25, 0.3) is 0 Å². The third-order valence-electron chi connectivity index (χ3n) is 11.5. The van der Waals surface area contributed by atoms with Gasteiger partial charge in [-0.2, -0.15) is 0 Å². The lowest BCUT2D eigenvalue weighted by Crippen LogP contribution is -2.16. The second-order valence-electron chi connectivity index (χ2n) is 14.9. The van der Waals surface area contributed by atoms with Gasteiger partial charge >= 0.3 is 0 Å². The highest BCUT2D eigenvalue weighted by Gasteiger charge is 2.37. The van der Waals surface area contributed by atoms with Gasteiger partial charge in [0.2, 0.25) is 0 Å². The van der Waals surface area contributed by atoms with Crippen LogP contribution in [-0.4, -0.2) is 4.57 Å². The number of nitrogens with zero attached hydrogens (tertiary/aromatic N) is 2. The quantitative estimate of drug-likeness (QED) is 0.168. The molecular formula is C52H40N2. The molecule has 0 amide bonds. The lowest BCUT2D eigenvalue weighted by molar-refractivity contribution is 0.660. The van der Waals surface area contributed by atoms with Crippen molar-refractivity contribution in [1.82, 2.24) is 4.57 Å². The standard InChI is InChI=1S/C52H40N2/c1-52(2)46-21-12-10-20-44(46)51-47(52)22-14-24-50(51)53(41-30-25-37(26-31-41)36-15-6-5-7-16-36)42-32-27-38(28-33-42)39-29-34-49-45(35-39)43-19-11-13-23-48(43)54(49)40-17-8-3-4-9-18-40/h3-17,19-35H,18H2,1-2H3. The molecule has 0 aliphatic heterocycles. The van der Waals surface area contributed by atoms with Gasteiger partial charge in [-0.05, 0) is 93.6 Å². The minimum Gasteiger partial charge on any atom is -0.313 e. The summed E-state index contributed by atoms with van der Waals surface area (Å²) in [5.74, 6) is 0. The summed E-state index contributed by atoms with van der Waals surface area (Å²) in [5.41, 5.74) is 17.3. The summed E-state index contributed by atoms with van der Waals surface area (Å²) in [6.45, 7) is 4.70. The lowest BCUT2D eigenvalue weighted by Gasteiger charge is -2.29. The van der Waals surface area contributed by atoms with Crippen LogP contribution in [-0.2, 0) is 5.41 Å². The lowest BCUT2D eigenvalue weighted by atomic mass is 9.82. The van der Waals surface area contributed by atoms with E-state index in [2.05, 4.69) is 217 Å². The van der Waals surface area contributed by atoms with E-state index in [9.17, 15) is 0 Å². The predicted octanol–water partition coefficient (Wildman–Crippen LogP) is 14.3. The highest BCUT2D eigenvalue weighted by Crippen LogP contribution is 2.54. The van der Waals surface area contributed by atoms with Crippen molar-refractivity contribution in [2.45, 2.75) is 25.7 Å². The van der Waals surface area contributed by atoms with E-state index in [0.29, 0.717) is 0 Å². The molecule has 0 N–H and O–H groups in total. The Morgan fingerprint density at radius 3 is 1.93 bits per heavy atom. The smallest absolute Gasteiger partial charge is 0.0543 e. The molecule has 1 heterocycles. The number of hydrogen-bond acceptors (Lipinski definition) is 1. The fourth-order valence-corrected chi connectivity index (χ4v) is 8.78. The minimum absolute atomic E-state index is 0.0868. The van der Waals surface area contributed by atoms with Gasteiger partial charge in [0.15, 0.2) is 0 Å². The van der Waals surface area contributed by atoms with Crippen molar-refractivity contribution in [2.75, 3.05) is 4.90 Å². The van der Waals surface area contributed by atoms with Crippen LogP contribution in [0.25, 0.3) is 60.9 Å². The number of anilines is 3. The molecule has 258 valence electrons. The van der Waals surface area contributed by atoms with Crippen LogP contribution >= 0.6 is 0 Å². The number of benzene rings is 7. The summed E-state index contributed by atoms with van der Waals surface area (Å²) >= 11 is 0. The highest BCUT2D eigenvalue weighted by molar-refractivity contribution is 6.11. The van der Waals surface area contributed by atoms with Crippen molar-refractivity contribution >= 4 is 44.6 Å². The first-order valence-corrected chi connectivity index (χ1v) is 18.9. The average molecular weight is 693 g/mol. The van der Waals surface area contributed by atoms with Gasteiger partial charge in [-0.15, -0.1) is 0 Å². The number of rotatable bonds is 6. The Balaban J connectivity index is 1.09. The SMILES string of the molecule is CC1(C)c2ccccc2-c2c(N(c3ccc(-c4ccccc4)cc3)c3ccc(-c4ccc5c(c4)c4ccccc4n5C4=CC=CC=CC4)cc3)cccc21. The number of aromatic nitrogens is 1. The first-order chi connectivity index (χ1) is 26.6. The molecule has 0 saturated carbocycles. The molecule has 0 saturated heterocycles. The number of allylic oxidation sites excluding steroid dienone is 6. The zero-order valence-electron chi connectivity index (χ0n) is 30.6. The predicted molar refractivity (Wildman–Crippen MR) is 230 cm³/mol. The fourth-order valence-electron chi connectivity index (χ4n) is 8.78. The maximum Gasteiger partial charge on any atom is 0.0543 e. The monoisotopic (exact) mass is 692 g/mol. The Kier molecular flexibility index (Phi) is 7.59. The van der Waals surface area contributed by atoms with E-state index in [0.717, 1.165) is 17.8 Å². The van der Waals surface area contributed by atoms with E-state index < -0.39 is 0 Å². The van der Waals surface area contributed by atoms with E-state index in [1.165, 1.54) is 77.7 Å². The number of para-hydroxylation sites is 1. The zero-order valence-corrected chi connectivity index (χ0v) is 30.6. The fraction of sp³-hybridized carbons (Fsp3) is 0.0769. The molecule has 0 spiro atoms.